The zero-order valence-corrected chi connectivity index (χ0v) is 17.1. The van der Waals surface area contributed by atoms with Gasteiger partial charge in [0.1, 0.15) is 0 Å². The highest BCUT2D eigenvalue weighted by atomic mass is 32.2. The molecule has 1 saturated heterocycles. The summed E-state index contributed by atoms with van der Waals surface area (Å²) in [6, 6.07) is 6.47. The van der Waals surface area contributed by atoms with Crippen molar-refractivity contribution in [3.05, 3.63) is 42.2 Å². The van der Waals surface area contributed by atoms with Crippen LogP contribution in [0.25, 0.3) is 0 Å². The van der Waals surface area contributed by atoms with E-state index in [1.54, 1.807) is 55.2 Å². The fourth-order valence-electron chi connectivity index (χ4n) is 3.15. The van der Waals surface area contributed by atoms with Crippen LogP contribution in [0.1, 0.15) is 38.7 Å². The number of benzene rings is 1. The minimum Gasteiger partial charge on any atom is -0.376 e. The number of sulfone groups is 1. The third-order valence-electron chi connectivity index (χ3n) is 4.82. The molecule has 0 spiro atoms. The average Bonchev–Trinajstić information content (AvgIpc) is 3.09. The van der Waals surface area contributed by atoms with Gasteiger partial charge in [0.2, 0.25) is 5.91 Å². The van der Waals surface area contributed by atoms with Gasteiger partial charge in [-0.1, -0.05) is 12.1 Å². The molecule has 0 radical (unpaired) electrons. The van der Waals surface area contributed by atoms with Gasteiger partial charge in [-0.15, -0.1) is 0 Å². The molecule has 7 nitrogen and oxygen atoms in total. The number of amides is 1. The van der Waals surface area contributed by atoms with Crippen LogP contribution in [0, 0.1) is 0 Å². The lowest BCUT2D eigenvalue weighted by Crippen LogP contribution is -2.24. The lowest BCUT2D eigenvalue weighted by molar-refractivity contribution is -0.115. The Bertz CT molecular complexity index is 898. The lowest BCUT2D eigenvalue weighted by Gasteiger charge is -2.22. The normalized spacial score (nSPS) is 17.6. The predicted octanol–water partition coefficient (Wildman–Crippen LogP) is 2.82. The first-order valence-corrected chi connectivity index (χ1v) is 11.2. The SMILES string of the molecule is CC(C)S(=O)(=O)c1ccc(CC(=O)Nc2cnn(C[C@@H]3CCCCO3)c2)cc1. The van der Waals surface area contributed by atoms with E-state index in [0.717, 1.165) is 25.0 Å². The summed E-state index contributed by atoms with van der Waals surface area (Å²) in [4.78, 5) is 12.6. The molecule has 8 heteroatoms. The summed E-state index contributed by atoms with van der Waals surface area (Å²) in [6.45, 7) is 4.78. The van der Waals surface area contributed by atoms with Gasteiger partial charge in [0.15, 0.2) is 9.84 Å². The molecule has 1 aliphatic rings. The molecule has 1 aromatic carbocycles. The molecule has 152 valence electrons. The number of anilines is 1. The Balaban J connectivity index is 1.54. The topological polar surface area (TPSA) is 90.3 Å². The van der Waals surface area contributed by atoms with E-state index in [1.165, 1.54) is 6.42 Å². The summed E-state index contributed by atoms with van der Waals surface area (Å²) in [6.07, 6.45) is 7.09. The third-order valence-corrected chi connectivity index (χ3v) is 6.99. The monoisotopic (exact) mass is 405 g/mol. The Morgan fingerprint density at radius 1 is 1.29 bits per heavy atom. The van der Waals surface area contributed by atoms with Crippen molar-refractivity contribution in [1.29, 1.82) is 0 Å². The zero-order valence-electron chi connectivity index (χ0n) is 16.3. The Morgan fingerprint density at radius 2 is 2.04 bits per heavy atom. The molecule has 0 unspecified atom stereocenters. The molecule has 0 saturated carbocycles. The van der Waals surface area contributed by atoms with E-state index in [0.29, 0.717) is 12.2 Å². The van der Waals surface area contributed by atoms with Gasteiger partial charge in [-0.25, -0.2) is 8.42 Å². The van der Waals surface area contributed by atoms with E-state index in [-0.39, 0.29) is 23.3 Å². The maximum absolute atomic E-state index is 12.3. The highest BCUT2D eigenvalue weighted by Crippen LogP contribution is 2.18. The van der Waals surface area contributed by atoms with Crippen molar-refractivity contribution in [3.63, 3.8) is 0 Å². The standard InChI is InChI=1S/C20H27N3O4S/c1-15(2)28(25,26)19-8-6-16(7-9-19)11-20(24)22-17-12-21-23(13-17)14-18-5-3-4-10-27-18/h6-9,12-13,15,18H,3-5,10-11,14H2,1-2H3,(H,22,24)/t18-/m0/s1. The summed E-state index contributed by atoms with van der Waals surface area (Å²) in [5.41, 5.74) is 1.39. The van der Waals surface area contributed by atoms with Gasteiger partial charge in [0.05, 0.1) is 41.1 Å². The Morgan fingerprint density at radius 3 is 2.68 bits per heavy atom. The summed E-state index contributed by atoms with van der Waals surface area (Å²) in [5.74, 6) is -0.173. The number of hydrogen-bond acceptors (Lipinski definition) is 5. The first-order chi connectivity index (χ1) is 13.3. The van der Waals surface area contributed by atoms with E-state index in [2.05, 4.69) is 10.4 Å². The maximum Gasteiger partial charge on any atom is 0.228 e. The number of nitrogens with zero attached hydrogens (tertiary/aromatic N) is 2. The van der Waals surface area contributed by atoms with Crippen molar-refractivity contribution in [2.75, 3.05) is 11.9 Å². The highest BCUT2D eigenvalue weighted by Gasteiger charge is 2.19. The highest BCUT2D eigenvalue weighted by molar-refractivity contribution is 7.92. The number of hydrogen-bond donors (Lipinski definition) is 1. The molecular weight excluding hydrogens is 378 g/mol. The first kappa shape index (κ1) is 20.5. The Hall–Kier alpha value is -2.19. The molecule has 0 aliphatic carbocycles. The van der Waals surface area contributed by atoms with Gasteiger partial charge in [-0.05, 0) is 50.8 Å². The van der Waals surface area contributed by atoms with E-state index in [9.17, 15) is 13.2 Å². The molecule has 0 bridgehead atoms. The molecular formula is C20H27N3O4S. The number of carbonyl (C=O) groups is 1. The summed E-state index contributed by atoms with van der Waals surface area (Å²) in [7, 11) is -3.30. The van der Waals surface area contributed by atoms with Crippen molar-refractivity contribution < 1.29 is 17.9 Å². The third kappa shape index (κ3) is 5.20. The fourth-order valence-corrected chi connectivity index (χ4v) is 4.21. The number of rotatable bonds is 7. The van der Waals surface area contributed by atoms with Crippen LogP contribution in [0.4, 0.5) is 5.69 Å². The minimum absolute atomic E-state index is 0.166. The van der Waals surface area contributed by atoms with Crippen LogP contribution in [0.2, 0.25) is 0 Å². The number of ether oxygens (including phenoxy) is 1. The van der Waals surface area contributed by atoms with E-state index in [1.807, 2.05) is 0 Å². The van der Waals surface area contributed by atoms with E-state index < -0.39 is 15.1 Å². The fraction of sp³-hybridized carbons (Fsp3) is 0.500. The molecule has 2 aromatic rings. The van der Waals surface area contributed by atoms with Crippen molar-refractivity contribution in [1.82, 2.24) is 9.78 Å². The molecule has 1 atom stereocenters. The molecule has 2 heterocycles. The summed E-state index contributed by atoms with van der Waals surface area (Å²) in [5, 5.41) is 6.64. The minimum atomic E-state index is -3.30. The molecule has 3 rings (SSSR count). The van der Waals surface area contributed by atoms with Crippen molar-refractivity contribution in [2.24, 2.45) is 0 Å². The molecule has 1 fully saturated rings. The van der Waals surface area contributed by atoms with Crippen molar-refractivity contribution >= 4 is 21.4 Å². The van der Waals surface area contributed by atoms with Crippen LogP contribution in [0.5, 0.6) is 0 Å². The van der Waals surface area contributed by atoms with Crippen LogP contribution in [0.3, 0.4) is 0 Å². The molecule has 1 aromatic heterocycles. The predicted molar refractivity (Wildman–Crippen MR) is 107 cm³/mol. The van der Waals surface area contributed by atoms with Gasteiger partial charge < -0.3 is 10.1 Å². The number of aromatic nitrogens is 2. The number of nitrogens with one attached hydrogen (secondary N) is 1. The summed E-state index contributed by atoms with van der Waals surface area (Å²) < 4.78 is 31.8. The van der Waals surface area contributed by atoms with Crippen molar-refractivity contribution in [3.8, 4) is 0 Å². The zero-order chi connectivity index (χ0) is 20.1. The van der Waals surface area contributed by atoms with Crippen LogP contribution in [-0.4, -0.2) is 42.1 Å². The number of carbonyl (C=O) groups excluding carboxylic acids is 1. The van der Waals surface area contributed by atoms with Crippen molar-refractivity contribution in [2.45, 2.75) is 62.3 Å². The molecule has 1 N–H and O–H groups in total. The second kappa shape index (κ2) is 8.87. The van der Waals surface area contributed by atoms with Gasteiger partial charge in [-0.3, -0.25) is 9.48 Å². The molecule has 1 aliphatic heterocycles. The second-order valence-corrected chi connectivity index (χ2v) is 9.91. The Labute approximate surface area is 166 Å². The average molecular weight is 406 g/mol. The van der Waals surface area contributed by atoms with Crippen LogP contribution in [-0.2, 0) is 32.3 Å². The van der Waals surface area contributed by atoms with Gasteiger partial charge in [0.25, 0.3) is 0 Å². The Kier molecular flexibility index (Phi) is 6.51. The van der Waals surface area contributed by atoms with Crippen LogP contribution < -0.4 is 5.32 Å². The van der Waals surface area contributed by atoms with Gasteiger partial charge >= 0.3 is 0 Å². The van der Waals surface area contributed by atoms with E-state index >= 15 is 0 Å². The largest absolute Gasteiger partial charge is 0.376 e. The first-order valence-electron chi connectivity index (χ1n) is 9.61. The van der Waals surface area contributed by atoms with Crippen LogP contribution in [0.15, 0.2) is 41.6 Å². The quantitative estimate of drug-likeness (QED) is 0.765. The molecule has 1 amide bonds. The maximum atomic E-state index is 12.3. The van der Waals surface area contributed by atoms with Crippen LogP contribution >= 0.6 is 0 Å². The smallest absolute Gasteiger partial charge is 0.228 e. The van der Waals surface area contributed by atoms with Gasteiger partial charge in [-0.2, -0.15) is 5.10 Å². The summed E-state index contributed by atoms with van der Waals surface area (Å²) >= 11 is 0. The second-order valence-electron chi connectivity index (χ2n) is 7.40. The van der Waals surface area contributed by atoms with E-state index in [4.69, 9.17) is 4.74 Å². The molecule has 28 heavy (non-hydrogen) atoms. The lowest BCUT2D eigenvalue weighted by atomic mass is 10.1. The van der Waals surface area contributed by atoms with Gasteiger partial charge in [0, 0.05) is 12.8 Å².